The standard InChI is InChI=1S/C22H33N7.HI/c1-5-11-23-22(25-14-21-27-26-18(3)28(21)4)24-13-20-12-17(2)29(16-20)15-19-9-7-6-8-10-19;/h5-10,17,20H,1,11-16H2,2-4H3,(H2,23,24,25);1H. The fourth-order valence-corrected chi connectivity index (χ4v) is 3.73. The third-order valence-corrected chi connectivity index (χ3v) is 5.55. The first-order valence-corrected chi connectivity index (χ1v) is 10.3. The predicted molar refractivity (Wildman–Crippen MR) is 133 cm³/mol. The van der Waals surface area contributed by atoms with E-state index in [0.29, 0.717) is 25.0 Å². The number of halogens is 1. The van der Waals surface area contributed by atoms with Crippen molar-refractivity contribution in [2.45, 2.75) is 39.4 Å². The zero-order chi connectivity index (χ0) is 20.6. The number of nitrogens with one attached hydrogen (secondary N) is 2. The molecule has 0 bridgehead atoms. The van der Waals surface area contributed by atoms with Crippen LogP contribution in [0.2, 0.25) is 0 Å². The van der Waals surface area contributed by atoms with Gasteiger partial charge in [-0.15, -0.1) is 40.8 Å². The second-order valence-corrected chi connectivity index (χ2v) is 7.80. The SMILES string of the molecule is C=CCNC(=NCc1nnc(C)n1C)NCC1CC(C)N(Cc2ccccc2)C1.I. The minimum atomic E-state index is 0. The van der Waals surface area contributed by atoms with E-state index in [4.69, 9.17) is 0 Å². The second kappa shape index (κ2) is 12.0. The first-order chi connectivity index (χ1) is 14.1. The van der Waals surface area contributed by atoms with E-state index in [2.05, 4.69) is 74.6 Å². The summed E-state index contributed by atoms with van der Waals surface area (Å²) in [6, 6.07) is 11.3. The molecule has 1 fully saturated rings. The first kappa shape index (κ1) is 24.3. The molecule has 7 nitrogen and oxygen atoms in total. The summed E-state index contributed by atoms with van der Waals surface area (Å²) in [6.45, 7) is 12.2. The van der Waals surface area contributed by atoms with E-state index in [9.17, 15) is 0 Å². The van der Waals surface area contributed by atoms with Crippen LogP contribution < -0.4 is 10.6 Å². The summed E-state index contributed by atoms with van der Waals surface area (Å²) >= 11 is 0. The van der Waals surface area contributed by atoms with Gasteiger partial charge in [-0.2, -0.15) is 0 Å². The Kier molecular flexibility index (Phi) is 9.77. The molecule has 0 aliphatic carbocycles. The Balaban J connectivity index is 0.00000320. The van der Waals surface area contributed by atoms with E-state index < -0.39 is 0 Å². The molecule has 2 heterocycles. The molecule has 8 heteroatoms. The number of benzene rings is 1. The molecule has 1 aromatic carbocycles. The van der Waals surface area contributed by atoms with Gasteiger partial charge in [0.15, 0.2) is 11.8 Å². The van der Waals surface area contributed by atoms with Gasteiger partial charge in [-0.05, 0) is 31.7 Å². The lowest BCUT2D eigenvalue weighted by Gasteiger charge is -2.21. The largest absolute Gasteiger partial charge is 0.356 e. The molecule has 1 aromatic heterocycles. The third kappa shape index (κ3) is 6.80. The van der Waals surface area contributed by atoms with Crippen molar-refractivity contribution in [1.29, 1.82) is 0 Å². The molecule has 2 unspecified atom stereocenters. The summed E-state index contributed by atoms with van der Waals surface area (Å²) in [7, 11) is 1.96. The second-order valence-electron chi connectivity index (χ2n) is 7.80. The smallest absolute Gasteiger partial charge is 0.191 e. The lowest BCUT2D eigenvalue weighted by atomic mass is 10.1. The fourth-order valence-electron chi connectivity index (χ4n) is 3.73. The van der Waals surface area contributed by atoms with Crippen LogP contribution in [0, 0.1) is 12.8 Å². The van der Waals surface area contributed by atoms with Crippen molar-refractivity contribution in [3.05, 3.63) is 60.2 Å². The molecule has 0 amide bonds. The number of guanidine groups is 1. The van der Waals surface area contributed by atoms with E-state index in [-0.39, 0.29) is 24.0 Å². The highest BCUT2D eigenvalue weighted by atomic mass is 127. The Hall–Kier alpha value is -1.94. The Morgan fingerprint density at radius 3 is 2.70 bits per heavy atom. The minimum Gasteiger partial charge on any atom is -0.356 e. The minimum absolute atomic E-state index is 0. The van der Waals surface area contributed by atoms with Crippen LogP contribution in [0.1, 0.15) is 30.6 Å². The lowest BCUT2D eigenvalue weighted by Crippen LogP contribution is -2.40. The van der Waals surface area contributed by atoms with Crippen LogP contribution in [0.3, 0.4) is 0 Å². The van der Waals surface area contributed by atoms with Gasteiger partial charge >= 0.3 is 0 Å². The summed E-state index contributed by atoms with van der Waals surface area (Å²) in [6.07, 6.45) is 3.03. The Bertz CT molecular complexity index is 818. The maximum Gasteiger partial charge on any atom is 0.191 e. The molecule has 0 spiro atoms. The summed E-state index contributed by atoms with van der Waals surface area (Å²) in [5, 5.41) is 15.1. The number of rotatable bonds is 8. The lowest BCUT2D eigenvalue weighted by molar-refractivity contribution is 0.255. The summed E-state index contributed by atoms with van der Waals surface area (Å²) in [5.41, 5.74) is 1.38. The van der Waals surface area contributed by atoms with Crippen LogP contribution in [0.5, 0.6) is 0 Å². The zero-order valence-electron chi connectivity index (χ0n) is 18.2. The molecule has 2 atom stereocenters. The number of likely N-dealkylation sites (tertiary alicyclic amines) is 1. The molecule has 2 N–H and O–H groups in total. The van der Waals surface area contributed by atoms with Crippen LogP contribution >= 0.6 is 24.0 Å². The van der Waals surface area contributed by atoms with Crippen LogP contribution in [0.4, 0.5) is 0 Å². The van der Waals surface area contributed by atoms with Gasteiger partial charge in [0.2, 0.25) is 0 Å². The quantitative estimate of drug-likeness (QED) is 0.241. The average Bonchev–Trinajstić information content (AvgIpc) is 3.24. The number of hydrogen-bond acceptors (Lipinski definition) is 4. The molecule has 1 saturated heterocycles. The Labute approximate surface area is 197 Å². The molecule has 3 rings (SSSR count). The van der Waals surface area contributed by atoms with Gasteiger partial charge in [0.05, 0.1) is 0 Å². The van der Waals surface area contributed by atoms with Crippen molar-refractivity contribution in [1.82, 2.24) is 30.3 Å². The Morgan fingerprint density at radius 1 is 1.27 bits per heavy atom. The molecule has 0 saturated carbocycles. The normalized spacial score (nSPS) is 19.4. The van der Waals surface area contributed by atoms with E-state index >= 15 is 0 Å². The van der Waals surface area contributed by atoms with Gasteiger partial charge < -0.3 is 15.2 Å². The average molecular weight is 523 g/mol. The monoisotopic (exact) mass is 523 g/mol. The summed E-state index contributed by atoms with van der Waals surface area (Å²) < 4.78 is 1.97. The van der Waals surface area contributed by atoms with E-state index in [0.717, 1.165) is 37.2 Å². The van der Waals surface area contributed by atoms with Crippen molar-refractivity contribution < 1.29 is 0 Å². The fraction of sp³-hybridized carbons (Fsp3) is 0.500. The van der Waals surface area contributed by atoms with Crippen LogP contribution in [-0.4, -0.2) is 51.3 Å². The van der Waals surface area contributed by atoms with E-state index in [1.165, 1.54) is 12.0 Å². The predicted octanol–water partition coefficient (Wildman–Crippen LogP) is 2.87. The maximum absolute atomic E-state index is 4.68. The van der Waals surface area contributed by atoms with Crippen LogP contribution in [-0.2, 0) is 20.1 Å². The molecular formula is C22H34IN7. The zero-order valence-corrected chi connectivity index (χ0v) is 20.5. The molecular weight excluding hydrogens is 489 g/mol. The van der Waals surface area contributed by atoms with Crippen LogP contribution in [0.25, 0.3) is 0 Å². The van der Waals surface area contributed by atoms with Gasteiger partial charge in [0.25, 0.3) is 0 Å². The molecule has 2 aromatic rings. The van der Waals surface area contributed by atoms with Gasteiger partial charge in [0, 0.05) is 39.3 Å². The number of aliphatic imine (C=N–C) groups is 1. The molecule has 1 aliphatic heterocycles. The number of hydrogen-bond donors (Lipinski definition) is 2. The van der Waals surface area contributed by atoms with E-state index in [1.54, 1.807) is 0 Å². The number of aromatic nitrogens is 3. The molecule has 30 heavy (non-hydrogen) atoms. The molecule has 164 valence electrons. The van der Waals surface area contributed by atoms with Crippen molar-refractivity contribution in [3.63, 3.8) is 0 Å². The molecule has 1 aliphatic rings. The van der Waals surface area contributed by atoms with Crippen LogP contribution in [0.15, 0.2) is 48.0 Å². The van der Waals surface area contributed by atoms with Gasteiger partial charge in [-0.3, -0.25) is 4.90 Å². The highest BCUT2D eigenvalue weighted by Crippen LogP contribution is 2.24. The number of aryl methyl sites for hydroxylation is 1. The highest BCUT2D eigenvalue weighted by Gasteiger charge is 2.28. The van der Waals surface area contributed by atoms with Crippen molar-refractivity contribution in [3.8, 4) is 0 Å². The number of nitrogens with zero attached hydrogens (tertiary/aromatic N) is 5. The first-order valence-electron chi connectivity index (χ1n) is 10.3. The molecule has 0 radical (unpaired) electrons. The van der Waals surface area contributed by atoms with Gasteiger partial charge in [-0.1, -0.05) is 36.4 Å². The summed E-state index contributed by atoms with van der Waals surface area (Å²) in [5.74, 6) is 3.13. The third-order valence-electron chi connectivity index (χ3n) is 5.55. The summed E-state index contributed by atoms with van der Waals surface area (Å²) in [4.78, 5) is 7.25. The van der Waals surface area contributed by atoms with Gasteiger partial charge in [0.1, 0.15) is 12.4 Å². The van der Waals surface area contributed by atoms with Crippen molar-refractivity contribution in [2.75, 3.05) is 19.6 Å². The van der Waals surface area contributed by atoms with Gasteiger partial charge in [-0.25, -0.2) is 4.99 Å². The van der Waals surface area contributed by atoms with E-state index in [1.807, 2.05) is 24.6 Å². The highest BCUT2D eigenvalue weighted by molar-refractivity contribution is 14.0. The van der Waals surface area contributed by atoms with Crippen molar-refractivity contribution >= 4 is 29.9 Å². The maximum atomic E-state index is 4.68. The topological polar surface area (TPSA) is 70.4 Å². The van der Waals surface area contributed by atoms with Crippen molar-refractivity contribution in [2.24, 2.45) is 18.0 Å². The Morgan fingerprint density at radius 2 is 2.03 bits per heavy atom.